The molecule has 0 aliphatic heterocycles. The van der Waals surface area contributed by atoms with Crippen LogP contribution in [0.1, 0.15) is 72.1 Å². The van der Waals surface area contributed by atoms with Gasteiger partial charge < -0.3 is 5.32 Å². The van der Waals surface area contributed by atoms with Crippen LogP contribution in [-0.4, -0.2) is 12.6 Å². The largest absolute Gasteiger partial charge is 0.313 e. The molecule has 0 heterocycles. The first kappa shape index (κ1) is 14.0. The highest BCUT2D eigenvalue weighted by Gasteiger charge is 2.25. The van der Waals surface area contributed by atoms with E-state index in [1.165, 1.54) is 57.9 Å². The topological polar surface area (TPSA) is 12.0 Å². The average Bonchev–Trinajstić information content (AvgIpc) is 2.58. The van der Waals surface area contributed by atoms with E-state index in [0.717, 1.165) is 17.9 Å². The van der Waals surface area contributed by atoms with Crippen LogP contribution >= 0.6 is 0 Å². The monoisotopic (exact) mass is 225 g/mol. The second-order valence-electron chi connectivity index (χ2n) is 5.62. The molecule has 1 rings (SSSR count). The molecular weight excluding hydrogens is 194 g/mol. The lowest BCUT2D eigenvalue weighted by Gasteiger charge is -2.32. The highest BCUT2D eigenvalue weighted by molar-refractivity contribution is 4.82. The van der Waals surface area contributed by atoms with Crippen molar-refractivity contribution in [2.45, 2.75) is 78.2 Å². The molecule has 0 spiro atoms. The van der Waals surface area contributed by atoms with Crippen LogP contribution in [0.25, 0.3) is 0 Å². The first-order valence-corrected chi connectivity index (χ1v) is 7.53. The summed E-state index contributed by atoms with van der Waals surface area (Å²) in [6.07, 6.45) is 11.4. The van der Waals surface area contributed by atoms with Gasteiger partial charge in [-0.05, 0) is 37.6 Å². The minimum absolute atomic E-state index is 0.781. The summed E-state index contributed by atoms with van der Waals surface area (Å²) in [5.41, 5.74) is 0. The molecular formula is C15H31N. The SMILES string of the molecule is CCCNC(C(C)CC)C1CCCCCC1. The van der Waals surface area contributed by atoms with Gasteiger partial charge in [-0.2, -0.15) is 0 Å². The Balaban J connectivity index is 2.50. The van der Waals surface area contributed by atoms with E-state index in [4.69, 9.17) is 0 Å². The first-order chi connectivity index (χ1) is 7.79. The molecule has 16 heavy (non-hydrogen) atoms. The second-order valence-corrected chi connectivity index (χ2v) is 5.62. The van der Waals surface area contributed by atoms with E-state index < -0.39 is 0 Å². The minimum Gasteiger partial charge on any atom is -0.313 e. The van der Waals surface area contributed by atoms with Gasteiger partial charge in [-0.3, -0.25) is 0 Å². The fourth-order valence-corrected chi connectivity index (χ4v) is 3.07. The van der Waals surface area contributed by atoms with Crippen LogP contribution in [0.4, 0.5) is 0 Å². The molecule has 0 radical (unpaired) electrons. The Kier molecular flexibility index (Phi) is 7.11. The van der Waals surface area contributed by atoms with Crippen molar-refractivity contribution in [2.75, 3.05) is 6.54 Å². The lowest BCUT2D eigenvalue weighted by atomic mass is 9.83. The van der Waals surface area contributed by atoms with E-state index in [1.807, 2.05) is 0 Å². The zero-order valence-corrected chi connectivity index (χ0v) is 11.6. The van der Waals surface area contributed by atoms with Gasteiger partial charge in [0.2, 0.25) is 0 Å². The Morgan fingerprint density at radius 2 is 1.69 bits per heavy atom. The second kappa shape index (κ2) is 8.11. The fraction of sp³-hybridized carbons (Fsp3) is 1.00. The molecule has 0 aromatic carbocycles. The van der Waals surface area contributed by atoms with Gasteiger partial charge in [0.25, 0.3) is 0 Å². The van der Waals surface area contributed by atoms with Crippen LogP contribution in [0.3, 0.4) is 0 Å². The summed E-state index contributed by atoms with van der Waals surface area (Å²) in [7, 11) is 0. The molecule has 0 aromatic heterocycles. The quantitative estimate of drug-likeness (QED) is 0.662. The first-order valence-electron chi connectivity index (χ1n) is 7.53. The Morgan fingerprint density at radius 3 is 2.19 bits per heavy atom. The van der Waals surface area contributed by atoms with Crippen LogP contribution in [0.5, 0.6) is 0 Å². The zero-order valence-electron chi connectivity index (χ0n) is 11.6. The van der Waals surface area contributed by atoms with Crippen molar-refractivity contribution >= 4 is 0 Å². The van der Waals surface area contributed by atoms with Gasteiger partial charge >= 0.3 is 0 Å². The van der Waals surface area contributed by atoms with Crippen LogP contribution in [-0.2, 0) is 0 Å². The Labute approximate surface area is 102 Å². The van der Waals surface area contributed by atoms with Crippen LogP contribution in [0, 0.1) is 11.8 Å². The van der Waals surface area contributed by atoms with E-state index in [0.29, 0.717) is 0 Å². The Hall–Kier alpha value is -0.0400. The van der Waals surface area contributed by atoms with Crippen molar-refractivity contribution in [3.63, 3.8) is 0 Å². The van der Waals surface area contributed by atoms with Crippen LogP contribution in [0.2, 0.25) is 0 Å². The third-order valence-electron chi connectivity index (χ3n) is 4.29. The summed E-state index contributed by atoms with van der Waals surface area (Å²) >= 11 is 0. The normalized spacial score (nSPS) is 22.7. The molecule has 1 aliphatic rings. The van der Waals surface area contributed by atoms with Crippen molar-refractivity contribution in [3.8, 4) is 0 Å². The predicted molar refractivity (Wildman–Crippen MR) is 72.7 cm³/mol. The average molecular weight is 225 g/mol. The number of hydrogen-bond acceptors (Lipinski definition) is 1. The Morgan fingerprint density at radius 1 is 1.06 bits per heavy atom. The summed E-state index contributed by atoms with van der Waals surface area (Å²) in [5.74, 6) is 1.79. The van der Waals surface area contributed by atoms with Crippen LogP contribution < -0.4 is 5.32 Å². The standard InChI is InChI=1S/C15H31N/c1-4-12-16-15(13(3)5-2)14-10-8-6-7-9-11-14/h13-16H,4-12H2,1-3H3. The highest BCUT2D eigenvalue weighted by atomic mass is 14.9. The van der Waals surface area contributed by atoms with Gasteiger partial charge in [-0.15, -0.1) is 0 Å². The van der Waals surface area contributed by atoms with Crippen molar-refractivity contribution in [1.29, 1.82) is 0 Å². The summed E-state index contributed by atoms with van der Waals surface area (Å²) in [5, 5.41) is 3.82. The van der Waals surface area contributed by atoms with E-state index in [1.54, 1.807) is 0 Å². The van der Waals surface area contributed by atoms with Crippen LogP contribution in [0.15, 0.2) is 0 Å². The van der Waals surface area contributed by atoms with E-state index in [9.17, 15) is 0 Å². The maximum atomic E-state index is 3.82. The summed E-state index contributed by atoms with van der Waals surface area (Å²) in [6.45, 7) is 8.24. The highest BCUT2D eigenvalue weighted by Crippen LogP contribution is 2.29. The van der Waals surface area contributed by atoms with Gasteiger partial charge in [-0.1, -0.05) is 52.9 Å². The number of rotatable bonds is 6. The molecule has 0 bridgehead atoms. The van der Waals surface area contributed by atoms with Gasteiger partial charge in [0, 0.05) is 6.04 Å². The maximum Gasteiger partial charge on any atom is 0.0121 e. The smallest absolute Gasteiger partial charge is 0.0121 e. The minimum atomic E-state index is 0.781. The van der Waals surface area contributed by atoms with Crippen molar-refractivity contribution in [1.82, 2.24) is 5.32 Å². The molecule has 1 N–H and O–H groups in total. The van der Waals surface area contributed by atoms with E-state index in [-0.39, 0.29) is 0 Å². The molecule has 2 unspecified atom stereocenters. The number of nitrogens with one attached hydrogen (secondary N) is 1. The summed E-state index contributed by atoms with van der Waals surface area (Å²) in [4.78, 5) is 0. The molecule has 1 fully saturated rings. The van der Waals surface area contributed by atoms with Gasteiger partial charge in [0.05, 0.1) is 0 Å². The molecule has 2 atom stereocenters. The third-order valence-corrected chi connectivity index (χ3v) is 4.29. The molecule has 1 heteroatoms. The van der Waals surface area contributed by atoms with E-state index >= 15 is 0 Å². The molecule has 1 saturated carbocycles. The third kappa shape index (κ3) is 4.45. The van der Waals surface area contributed by atoms with E-state index in [2.05, 4.69) is 26.1 Å². The molecule has 1 nitrogen and oxygen atoms in total. The Bertz CT molecular complexity index is 159. The summed E-state index contributed by atoms with van der Waals surface area (Å²) in [6, 6.07) is 0.781. The van der Waals surface area contributed by atoms with Gasteiger partial charge in [0.1, 0.15) is 0 Å². The molecule has 0 aromatic rings. The van der Waals surface area contributed by atoms with Crippen molar-refractivity contribution in [3.05, 3.63) is 0 Å². The summed E-state index contributed by atoms with van der Waals surface area (Å²) < 4.78 is 0. The van der Waals surface area contributed by atoms with Crippen molar-refractivity contribution < 1.29 is 0 Å². The number of hydrogen-bond donors (Lipinski definition) is 1. The van der Waals surface area contributed by atoms with Gasteiger partial charge in [0.15, 0.2) is 0 Å². The predicted octanol–water partition coefficient (Wildman–Crippen LogP) is 4.37. The molecule has 0 amide bonds. The lowest BCUT2D eigenvalue weighted by Crippen LogP contribution is -2.41. The maximum absolute atomic E-state index is 3.82. The van der Waals surface area contributed by atoms with Crippen molar-refractivity contribution in [2.24, 2.45) is 11.8 Å². The lowest BCUT2D eigenvalue weighted by molar-refractivity contribution is 0.243. The fourth-order valence-electron chi connectivity index (χ4n) is 3.07. The van der Waals surface area contributed by atoms with Gasteiger partial charge in [-0.25, -0.2) is 0 Å². The molecule has 96 valence electrons. The molecule has 1 aliphatic carbocycles. The molecule has 0 saturated heterocycles. The zero-order chi connectivity index (χ0) is 11.8.